The van der Waals surface area contributed by atoms with Gasteiger partial charge >= 0.3 is 5.97 Å². The van der Waals surface area contributed by atoms with E-state index in [0.717, 1.165) is 25.7 Å². The summed E-state index contributed by atoms with van der Waals surface area (Å²) in [7, 11) is 1.76. The monoisotopic (exact) mass is 372 g/mol. The number of esters is 1. The molecule has 27 heavy (non-hydrogen) atoms. The SMILES string of the molecule is CN1C(=O)CC[C@@]2(C)[C@@H]3C[C@@H](C4=CCOC4=O)O[C@]3(C)CC[C@@H]2[C@]1(C)C#N. The lowest BCUT2D eigenvalue weighted by Gasteiger charge is -2.56. The number of cyclic esters (lactones) is 1. The van der Waals surface area contributed by atoms with Gasteiger partial charge in [-0.3, -0.25) is 4.79 Å². The number of fused-ring (bicyclic) bond motifs is 3. The first kappa shape index (κ1) is 18.5. The van der Waals surface area contributed by atoms with E-state index >= 15 is 0 Å². The molecule has 4 aliphatic rings. The van der Waals surface area contributed by atoms with Crippen LogP contribution >= 0.6 is 0 Å². The van der Waals surface area contributed by atoms with Crippen molar-refractivity contribution in [2.24, 2.45) is 17.3 Å². The molecule has 0 aromatic carbocycles. The van der Waals surface area contributed by atoms with Crippen molar-refractivity contribution in [1.29, 1.82) is 5.26 Å². The lowest BCUT2D eigenvalue weighted by atomic mass is 9.50. The average Bonchev–Trinajstić information content (AvgIpc) is 3.20. The van der Waals surface area contributed by atoms with Crippen LogP contribution in [0.4, 0.5) is 0 Å². The maximum atomic E-state index is 12.6. The molecule has 0 aromatic heterocycles. The van der Waals surface area contributed by atoms with Crippen molar-refractivity contribution in [3.8, 4) is 6.07 Å². The third-order valence-electron chi connectivity index (χ3n) is 8.07. The Bertz CT molecular complexity index is 771. The number of amides is 1. The molecular weight excluding hydrogens is 344 g/mol. The van der Waals surface area contributed by atoms with Gasteiger partial charge in [-0.2, -0.15) is 5.26 Å². The van der Waals surface area contributed by atoms with E-state index in [0.29, 0.717) is 18.6 Å². The van der Waals surface area contributed by atoms with Crippen LogP contribution in [0.15, 0.2) is 11.6 Å². The van der Waals surface area contributed by atoms with Crippen molar-refractivity contribution >= 4 is 11.9 Å². The van der Waals surface area contributed by atoms with Crippen molar-refractivity contribution in [3.63, 3.8) is 0 Å². The van der Waals surface area contributed by atoms with Crippen LogP contribution in [0, 0.1) is 28.6 Å². The fourth-order valence-electron chi connectivity index (χ4n) is 6.41. The summed E-state index contributed by atoms with van der Waals surface area (Å²) in [6, 6.07) is 2.47. The van der Waals surface area contributed by atoms with Gasteiger partial charge in [0, 0.05) is 19.4 Å². The van der Waals surface area contributed by atoms with E-state index in [1.165, 1.54) is 0 Å². The Balaban J connectivity index is 1.73. The van der Waals surface area contributed by atoms with E-state index in [1.54, 1.807) is 11.9 Å². The summed E-state index contributed by atoms with van der Waals surface area (Å²) in [5.74, 6) is 0.0296. The third-order valence-corrected chi connectivity index (χ3v) is 8.07. The first-order chi connectivity index (χ1) is 12.7. The maximum Gasteiger partial charge on any atom is 0.336 e. The minimum Gasteiger partial charge on any atom is -0.458 e. The molecule has 3 fully saturated rings. The lowest BCUT2D eigenvalue weighted by Crippen LogP contribution is -2.59. The molecule has 0 unspecified atom stereocenters. The zero-order valence-corrected chi connectivity index (χ0v) is 16.6. The van der Waals surface area contributed by atoms with Crippen LogP contribution in [0.2, 0.25) is 0 Å². The van der Waals surface area contributed by atoms with Crippen LogP contribution in [0.3, 0.4) is 0 Å². The van der Waals surface area contributed by atoms with Crippen molar-refractivity contribution < 1.29 is 19.1 Å². The van der Waals surface area contributed by atoms with Gasteiger partial charge in [0.2, 0.25) is 5.91 Å². The smallest absolute Gasteiger partial charge is 0.336 e. The minimum absolute atomic E-state index is 0.0360. The van der Waals surface area contributed by atoms with Gasteiger partial charge in [-0.1, -0.05) is 6.92 Å². The second-order valence-corrected chi connectivity index (χ2v) is 9.27. The molecule has 146 valence electrons. The Morgan fingerprint density at radius 1 is 1.22 bits per heavy atom. The highest BCUT2D eigenvalue weighted by Gasteiger charge is 2.64. The fraction of sp³-hybridized carbons (Fsp3) is 0.762. The number of hydrogen-bond donors (Lipinski definition) is 0. The molecule has 0 N–H and O–H groups in total. The molecule has 2 saturated heterocycles. The standard InChI is InChI=1S/C21H28N2O4/c1-19-8-6-17(24)23(4)20(2,12-22)15(19)5-9-21(3)16(19)11-14(27-21)13-7-10-26-18(13)25/h7,14-16H,5-6,8-11H2,1-4H3/t14-,15-,16-,19+,20-,21+/m0/s1. The number of ether oxygens (including phenoxy) is 2. The predicted molar refractivity (Wildman–Crippen MR) is 97.3 cm³/mol. The van der Waals surface area contributed by atoms with Gasteiger partial charge < -0.3 is 14.4 Å². The van der Waals surface area contributed by atoms with E-state index in [-0.39, 0.29) is 40.8 Å². The number of likely N-dealkylation sites (tertiary alicyclic amines) is 1. The van der Waals surface area contributed by atoms with Crippen molar-refractivity contribution in [1.82, 2.24) is 4.90 Å². The van der Waals surface area contributed by atoms with Gasteiger partial charge in [0.05, 0.1) is 23.3 Å². The van der Waals surface area contributed by atoms with E-state index in [4.69, 9.17) is 9.47 Å². The summed E-state index contributed by atoms with van der Waals surface area (Å²) in [6.45, 7) is 6.60. The van der Waals surface area contributed by atoms with Crippen LogP contribution < -0.4 is 0 Å². The highest BCUT2D eigenvalue weighted by molar-refractivity contribution is 5.91. The van der Waals surface area contributed by atoms with Gasteiger partial charge in [0.25, 0.3) is 0 Å². The minimum atomic E-state index is -0.826. The van der Waals surface area contributed by atoms with Crippen LogP contribution in [-0.4, -0.2) is 47.7 Å². The molecule has 1 aliphatic carbocycles. The maximum absolute atomic E-state index is 12.6. The topological polar surface area (TPSA) is 79.6 Å². The van der Waals surface area contributed by atoms with E-state index < -0.39 is 5.54 Å². The highest BCUT2D eigenvalue weighted by Crippen LogP contribution is 2.63. The summed E-state index contributed by atoms with van der Waals surface area (Å²) in [6.07, 6.45) is 5.18. The van der Waals surface area contributed by atoms with Gasteiger partial charge in [-0.25, -0.2) is 4.79 Å². The molecule has 3 aliphatic heterocycles. The molecule has 6 atom stereocenters. The van der Waals surface area contributed by atoms with Gasteiger partial charge in [-0.15, -0.1) is 0 Å². The molecule has 6 nitrogen and oxygen atoms in total. The van der Waals surface area contributed by atoms with Crippen LogP contribution in [0.5, 0.6) is 0 Å². The second-order valence-electron chi connectivity index (χ2n) is 9.27. The molecular formula is C21H28N2O4. The number of carbonyl (C=O) groups excluding carboxylic acids is 2. The summed E-state index contributed by atoms with van der Waals surface area (Å²) < 4.78 is 11.6. The number of rotatable bonds is 1. The Morgan fingerprint density at radius 3 is 2.59 bits per heavy atom. The predicted octanol–water partition coefficient (Wildman–Crippen LogP) is 2.58. The Kier molecular flexibility index (Phi) is 3.98. The first-order valence-corrected chi connectivity index (χ1v) is 9.88. The molecule has 3 heterocycles. The summed E-state index contributed by atoms with van der Waals surface area (Å²) in [5.41, 5.74) is -0.735. The molecule has 0 aromatic rings. The summed E-state index contributed by atoms with van der Waals surface area (Å²) in [5, 5.41) is 10.0. The number of carbonyl (C=O) groups is 2. The largest absolute Gasteiger partial charge is 0.458 e. The van der Waals surface area contributed by atoms with Gasteiger partial charge in [0.1, 0.15) is 12.1 Å². The number of nitriles is 1. The molecule has 1 amide bonds. The first-order valence-electron chi connectivity index (χ1n) is 9.88. The fourth-order valence-corrected chi connectivity index (χ4v) is 6.41. The molecule has 4 rings (SSSR count). The Morgan fingerprint density at radius 2 is 1.96 bits per heavy atom. The second kappa shape index (κ2) is 5.81. The number of nitrogens with zero attached hydrogens (tertiary/aromatic N) is 2. The molecule has 0 radical (unpaired) electrons. The van der Waals surface area contributed by atoms with Crippen molar-refractivity contribution in [3.05, 3.63) is 11.6 Å². The molecule has 6 heteroatoms. The third kappa shape index (κ3) is 2.40. The summed E-state index contributed by atoms with van der Waals surface area (Å²) >= 11 is 0. The van der Waals surface area contributed by atoms with E-state index in [9.17, 15) is 14.9 Å². The van der Waals surface area contributed by atoms with Gasteiger partial charge in [0.15, 0.2) is 0 Å². The highest BCUT2D eigenvalue weighted by atomic mass is 16.5. The van der Waals surface area contributed by atoms with Crippen molar-refractivity contribution in [2.45, 2.75) is 70.1 Å². The Labute approximate surface area is 160 Å². The van der Waals surface area contributed by atoms with E-state index in [2.05, 4.69) is 19.9 Å². The lowest BCUT2D eigenvalue weighted by molar-refractivity contribution is -0.141. The zero-order chi connectivity index (χ0) is 19.6. The van der Waals surface area contributed by atoms with E-state index in [1.807, 2.05) is 13.0 Å². The normalized spacial score (nSPS) is 46.9. The van der Waals surface area contributed by atoms with Gasteiger partial charge in [-0.05, 0) is 56.9 Å². The average molecular weight is 372 g/mol. The van der Waals surface area contributed by atoms with Crippen LogP contribution in [0.1, 0.15) is 52.9 Å². The number of hydrogen-bond acceptors (Lipinski definition) is 5. The zero-order valence-electron chi connectivity index (χ0n) is 16.6. The molecule has 0 spiro atoms. The molecule has 1 saturated carbocycles. The van der Waals surface area contributed by atoms with Crippen LogP contribution in [-0.2, 0) is 19.1 Å². The summed E-state index contributed by atoms with van der Waals surface area (Å²) in [4.78, 5) is 26.4. The van der Waals surface area contributed by atoms with Crippen molar-refractivity contribution in [2.75, 3.05) is 13.7 Å². The molecule has 0 bridgehead atoms. The van der Waals surface area contributed by atoms with Crippen LogP contribution in [0.25, 0.3) is 0 Å². The Hall–Kier alpha value is -1.87. The quantitative estimate of drug-likeness (QED) is 0.661.